The van der Waals surface area contributed by atoms with E-state index in [0.717, 1.165) is 0 Å². The molecular weight excluding hydrogens is 306 g/mol. The maximum atomic E-state index is 12.4. The van der Waals surface area contributed by atoms with Gasteiger partial charge in [-0.1, -0.05) is 23.7 Å². The summed E-state index contributed by atoms with van der Waals surface area (Å²) in [6, 6.07) is 9.23. The molecule has 1 N–H and O–H groups in total. The molecule has 0 aliphatic rings. The topological polar surface area (TPSA) is 78.5 Å². The lowest BCUT2D eigenvalue weighted by atomic mass is 10.1. The van der Waals surface area contributed by atoms with Crippen LogP contribution in [0.3, 0.4) is 0 Å². The molecule has 2 rings (SSSR count). The van der Waals surface area contributed by atoms with E-state index in [1.54, 1.807) is 25.1 Å². The normalized spacial score (nSPS) is 10.1. The third-order valence-corrected chi connectivity index (χ3v) is 3.44. The smallest absolute Gasteiger partial charge is 0.259 e. The third-order valence-electron chi connectivity index (χ3n) is 3.21. The van der Waals surface area contributed by atoms with Gasteiger partial charge in [0.15, 0.2) is 0 Å². The molecule has 6 heteroatoms. The van der Waals surface area contributed by atoms with E-state index in [9.17, 15) is 14.7 Å². The lowest BCUT2D eigenvalue weighted by Crippen LogP contribution is -2.24. The van der Waals surface area contributed by atoms with Crippen molar-refractivity contribution in [2.75, 3.05) is 12.4 Å². The molecule has 2 aromatic carbocycles. The van der Waals surface area contributed by atoms with E-state index in [1.165, 1.54) is 25.3 Å². The third kappa shape index (κ3) is 3.20. The van der Waals surface area contributed by atoms with Gasteiger partial charge in [0.05, 0.1) is 18.6 Å². The number of benzene rings is 2. The molecule has 5 nitrogen and oxygen atoms in total. The number of anilines is 1. The van der Waals surface area contributed by atoms with Crippen LogP contribution in [0.2, 0.25) is 5.02 Å². The van der Waals surface area contributed by atoms with Crippen LogP contribution in [-0.2, 0) is 0 Å². The molecule has 0 heterocycles. The summed E-state index contributed by atoms with van der Waals surface area (Å²) in [5.74, 6) is -1.37. The number of halogens is 1. The fourth-order valence-corrected chi connectivity index (χ4v) is 2.21. The predicted molar refractivity (Wildman–Crippen MR) is 81.5 cm³/mol. The molecule has 22 heavy (non-hydrogen) atoms. The van der Waals surface area contributed by atoms with Gasteiger partial charge in [0.25, 0.3) is 5.91 Å². The van der Waals surface area contributed by atoms with Gasteiger partial charge in [-0.2, -0.15) is 0 Å². The Bertz CT molecular complexity index is 743. The van der Waals surface area contributed by atoms with Crippen molar-refractivity contribution in [1.82, 2.24) is 0 Å². The number of carbonyl (C=O) groups is 2. The predicted octanol–water partition coefficient (Wildman–Crippen LogP) is 2.27. The summed E-state index contributed by atoms with van der Waals surface area (Å²) in [6.07, 6.45) is 0. The fraction of sp³-hybridized carbons (Fsp3) is 0.125. The van der Waals surface area contributed by atoms with Crippen LogP contribution in [0.5, 0.6) is 5.75 Å². The monoisotopic (exact) mass is 318 g/mol. The molecule has 0 aliphatic heterocycles. The van der Waals surface area contributed by atoms with Crippen molar-refractivity contribution in [3.8, 4) is 5.75 Å². The lowest BCUT2D eigenvalue weighted by molar-refractivity contribution is -0.255. The number of nitrogens with one attached hydrogen (secondary N) is 1. The Hall–Kier alpha value is -2.53. The van der Waals surface area contributed by atoms with Crippen LogP contribution in [0.4, 0.5) is 5.69 Å². The standard InChI is InChI=1S/C16H14ClNO4/c1-9-11(16(20)21)4-3-5-13(9)18-15(19)12-8-10(17)6-7-14(12)22-2/h3-8H,1-2H3,(H,18,19)(H,20,21)/p-1. The van der Waals surface area contributed by atoms with Gasteiger partial charge in [0, 0.05) is 16.3 Å². The van der Waals surface area contributed by atoms with Crippen molar-refractivity contribution in [1.29, 1.82) is 0 Å². The van der Waals surface area contributed by atoms with Crippen LogP contribution in [-0.4, -0.2) is 19.0 Å². The number of carboxylic acid groups (broad SMARTS) is 1. The summed E-state index contributed by atoms with van der Waals surface area (Å²) in [7, 11) is 1.45. The van der Waals surface area contributed by atoms with Crippen LogP contribution < -0.4 is 15.2 Å². The minimum absolute atomic E-state index is 0.0239. The second kappa shape index (κ2) is 6.49. The number of hydrogen-bond donors (Lipinski definition) is 1. The second-order valence-corrected chi connectivity index (χ2v) is 5.00. The van der Waals surface area contributed by atoms with Gasteiger partial charge in [-0.3, -0.25) is 4.79 Å². The molecule has 114 valence electrons. The van der Waals surface area contributed by atoms with Gasteiger partial charge in [-0.15, -0.1) is 0 Å². The number of amides is 1. The highest BCUT2D eigenvalue weighted by Crippen LogP contribution is 2.25. The van der Waals surface area contributed by atoms with Gasteiger partial charge < -0.3 is 20.0 Å². The highest BCUT2D eigenvalue weighted by atomic mass is 35.5. The van der Waals surface area contributed by atoms with Crippen LogP contribution in [0.25, 0.3) is 0 Å². The number of carbonyl (C=O) groups excluding carboxylic acids is 2. The summed E-state index contributed by atoms with van der Waals surface area (Å²) < 4.78 is 5.13. The zero-order chi connectivity index (χ0) is 16.3. The SMILES string of the molecule is COc1ccc(Cl)cc1C(=O)Nc1cccc(C(=O)[O-])c1C. The molecule has 0 saturated heterocycles. The number of methoxy groups -OCH3 is 1. The first kappa shape index (κ1) is 15.9. The van der Waals surface area contributed by atoms with Crippen LogP contribution in [0.15, 0.2) is 36.4 Å². The molecule has 0 radical (unpaired) electrons. The molecule has 0 spiro atoms. The molecule has 0 fully saturated rings. The minimum Gasteiger partial charge on any atom is -0.545 e. The van der Waals surface area contributed by atoms with Crippen molar-refractivity contribution in [3.63, 3.8) is 0 Å². The quantitative estimate of drug-likeness (QED) is 0.938. The highest BCUT2D eigenvalue weighted by Gasteiger charge is 2.15. The Labute approximate surface area is 132 Å². The van der Waals surface area contributed by atoms with Gasteiger partial charge in [-0.05, 0) is 36.8 Å². The fourth-order valence-electron chi connectivity index (χ4n) is 2.04. The van der Waals surface area contributed by atoms with Gasteiger partial charge >= 0.3 is 0 Å². The largest absolute Gasteiger partial charge is 0.545 e. The molecule has 0 aliphatic carbocycles. The van der Waals surface area contributed by atoms with Crippen molar-refractivity contribution < 1.29 is 19.4 Å². The molecule has 0 saturated carbocycles. The Morgan fingerprint density at radius 2 is 1.91 bits per heavy atom. The number of rotatable bonds is 4. The summed E-state index contributed by atoms with van der Waals surface area (Å²) in [6.45, 7) is 1.59. The van der Waals surface area contributed by atoms with Crippen molar-refractivity contribution in [2.45, 2.75) is 6.92 Å². The first-order chi connectivity index (χ1) is 10.4. The van der Waals surface area contributed by atoms with E-state index in [-0.39, 0.29) is 11.1 Å². The van der Waals surface area contributed by atoms with E-state index < -0.39 is 11.9 Å². The Kier molecular flexibility index (Phi) is 4.68. The zero-order valence-corrected chi connectivity index (χ0v) is 12.7. The van der Waals surface area contributed by atoms with Crippen molar-refractivity contribution in [3.05, 3.63) is 58.1 Å². The first-order valence-corrected chi connectivity index (χ1v) is 6.77. The average Bonchev–Trinajstić information content (AvgIpc) is 2.49. The summed E-state index contributed by atoms with van der Waals surface area (Å²) in [5.41, 5.74) is 1.08. The molecular formula is C16H13ClNO4-. The van der Waals surface area contributed by atoms with Crippen molar-refractivity contribution in [2.24, 2.45) is 0 Å². The molecule has 0 unspecified atom stereocenters. The van der Waals surface area contributed by atoms with E-state index >= 15 is 0 Å². The first-order valence-electron chi connectivity index (χ1n) is 6.40. The van der Waals surface area contributed by atoms with Crippen LogP contribution >= 0.6 is 11.6 Å². The summed E-state index contributed by atoms with van der Waals surface area (Å²) in [4.78, 5) is 23.4. The molecule has 0 atom stereocenters. The maximum absolute atomic E-state index is 12.4. The Morgan fingerprint density at radius 3 is 2.55 bits per heavy atom. The molecule has 0 aromatic heterocycles. The molecule has 2 aromatic rings. The van der Waals surface area contributed by atoms with E-state index in [4.69, 9.17) is 16.3 Å². The van der Waals surface area contributed by atoms with Crippen molar-refractivity contribution >= 4 is 29.2 Å². The van der Waals surface area contributed by atoms with Crippen LogP contribution in [0, 0.1) is 6.92 Å². The van der Waals surface area contributed by atoms with Gasteiger partial charge in [0.1, 0.15) is 5.75 Å². The maximum Gasteiger partial charge on any atom is 0.259 e. The van der Waals surface area contributed by atoms with E-state index in [1.807, 2.05) is 0 Å². The zero-order valence-electron chi connectivity index (χ0n) is 12.0. The Balaban J connectivity index is 2.36. The Morgan fingerprint density at radius 1 is 1.18 bits per heavy atom. The van der Waals surface area contributed by atoms with Gasteiger partial charge in [-0.25, -0.2) is 0 Å². The second-order valence-electron chi connectivity index (χ2n) is 4.56. The van der Waals surface area contributed by atoms with E-state index in [0.29, 0.717) is 22.0 Å². The lowest BCUT2D eigenvalue weighted by Gasteiger charge is -2.14. The summed E-state index contributed by atoms with van der Waals surface area (Å²) >= 11 is 5.90. The number of hydrogen-bond acceptors (Lipinski definition) is 4. The molecule has 1 amide bonds. The highest BCUT2D eigenvalue weighted by molar-refractivity contribution is 6.31. The average molecular weight is 319 g/mol. The van der Waals surface area contributed by atoms with Crippen LogP contribution in [0.1, 0.15) is 26.3 Å². The number of carboxylic acids is 1. The molecule has 0 bridgehead atoms. The van der Waals surface area contributed by atoms with E-state index in [2.05, 4.69) is 5.32 Å². The number of ether oxygens (including phenoxy) is 1. The van der Waals surface area contributed by atoms with Gasteiger partial charge in [0.2, 0.25) is 0 Å². The minimum atomic E-state index is -1.30. The number of aromatic carboxylic acids is 1. The summed E-state index contributed by atoms with van der Waals surface area (Å²) in [5, 5.41) is 14.1.